The highest BCUT2D eigenvalue weighted by Crippen LogP contribution is 2.14. The van der Waals surface area contributed by atoms with Gasteiger partial charge in [-0.3, -0.25) is 9.59 Å². The van der Waals surface area contributed by atoms with Crippen LogP contribution in [0.1, 0.15) is 162 Å². The summed E-state index contributed by atoms with van der Waals surface area (Å²) in [6, 6.07) is -0.757. The van der Waals surface area contributed by atoms with Gasteiger partial charge in [-0.2, -0.15) is 0 Å². The highest BCUT2D eigenvalue weighted by molar-refractivity contribution is 5.78. The molecule has 57 heavy (non-hydrogen) atoms. The van der Waals surface area contributed by atoms with E-state index in [1.54, 1.807) is 6.08 Å². The Kier molecular flexibility index (Phi) is 40.5. The van der Waals surface area contributed by atoms with E-state index in [0.29, 0.717) is 19.3 Å². The number of nitrogens with one attached hydrogen (secondary N) is 1. The van der Waals surface area contributed by atoms with Gasteiger partial charge >= 0.3 is 5.97 Å². The molecule has 0 saturated carbocycles. The number of allylic oxidation sites excluding steroid dienone is 19. The topological polar surface area (TPSA) is 95.9 Å². The molecule has 0 aromatic carbocycles. The van der Waals surface area contributed by atoms with Crippen molar-refractivity contribution in [3.05, 3.63) is 122 Å². The Morgan fingerprint density at radius 3 is 1.61 bits per heavy atom. The average molecular weight is 788 g/mol. The number of aliphatic hydroxyl groups is 2. The molecule has 3 N–H and O–H groups in total. The minimum atomic E-state index is -0.832. The van der Waals surface area contributed by atoms with Crippen molar-refractivity contribution >= 4 is 11.9 Å². The molecule has 0 aliphatic rings. The van der Waals surface area contributed by atoms with E-state index in [1.807, 2.05) is 54.7 Å². The van der Waals surface area contributed by atoms with E-state index < -0.39 is 18.2 Å². The van der Waals surface area contributed by atoms with Gasteiger partial charge in [0.05, 0.1) is 25.2 Å². The average Bonchev–Trinajstić information content (AvgIpc) is 3.20. The highest BCUT2D eigenvalue weighted by atomic mass is 16.5. The third kappa shape index (κ3) is 38.9. The molecule has 0 rings (SSSR count). The predicted octanol–water partition coefficient (Wildman–Crippen LogP) is 12.9. The summed E-state index contributed by atoms with van der Waals surface area (Å²) in [5.74, 6) is -0.696. The number of hydrogen-bond donors (Lipinski definition) is 3. The second-order valence-corrected chi connectivity index (χ2v) is 14.5. The van der Waals surface area contributed by atoms with Gasteiger partial charge in [-0.1, -0.05) is 200 Å². The molecule has 0 radical (unpaired) electrons. The SMILES string of the molecule is CC/C=C/C=C/C=C\C=C/C=C/CCCCCC(=O)OC(/C=C/C/C=C/C/C=C/C/C=C/C/C=C/CC)CC(=O)NC(CO)C(O)CCCCCCCCCCC. The van der Waals surface area contributed by atoms with Crippen LogP contribution in [0.4, 0.5) is 0 Å². The summed E-state index contributed by atoms with van der Waals surface area (Å²) < 4.78 is 5.77. The summed E-state index contributed by atoms with van der Waals surface area (Å²) >= 11 is 0. The molecule has 0 aliphatic carbocycles. The van der Waals surface area contributed by atoms with Gasteiger partial charge in [0.25, 0.3) is 0 Å². The molecule has 3 atom stereocenters. The zero-order valence-corrected chi connectivity index (χ0v) is 36.2. The summed E-state index contributed by atoms with van der Waals surface area (Å²) in [5.41, 5.74) is 0. The molecular weight excluding hydrogens is 707 g/mol. The van der Waals surface area contributed by atoms with E-state index in [2.05, 4.69) is 86.8 Å². The lowest BCUT2D eigenvalue weighted by Gasteiger charge is -2.23. The van der Waals surface area contributed by atoms with Gasteiger partial charge in [0.15, 0.2) is 0 Å². The van der Waals surface area contributed by atoms with Crippen LogP contribution >= 0.6 is 0 Å². The highest BCUT2D eigenvalue weighted by Gasteiger charge is 2.23. The minimum absolute atomic E-state index is 0.0720. The molecular formula is C51H81NO5. The van der Waals surface area contributed by atoms with E-state index in [1.165, 1.54) is 38.5 Å². The van der Waals surface area contributed by atoms with Crippen LogP contribution in [0, 0.1) is 0 Å². The van der Waals surface area contributed by atoms with E-state index in [9.17, 15) is 19.8 Å². The Balaban J connectivity index is 4.91. The molecule has 3 unspecified atom stereocenters. The molecule has 1 amide bonds. The maximum absolute atomic E-state index is 13.1. The molecule has 6 nitrogen and oxygen atoms in total. The van der Waals surface area contributed by atoms with Crippen LogP contribution in [0.15, 0.2) is 122 Å². The van der Waals surface area contributed by atoms with Gasteiger partial charge in [0.2, 0.25) is 5.91 Å². The summed E-state index contributed by atoms with van der Waals surface area (Å²) in [6.45, 7) is 6.12. The second kappa shape index (κ2) is 43.4. The number of hydrogen-bond acceptors (Lipinski definition) is 5. The van der Waals surface area contributed by atoms with Crippen molar-refractivity contribution in [3.63, 3.8) is 0 Å². The fraction of sp³-hybridized carbons (Fsp3) is 0.569. The predicted molar refractivity (Wildman–Crippen MR) is 245 cm³/mol. The van der Waals surface area contributed by atoms with Crippen LogP contribution in [-0.4, -0.2) is 46.9 Å². The molecule has 0 saturated heterocycles. The first-order valence-corrected chi connectivity index (χ1v) is 22.3. The fourth-order valence-electron chi connectivity index (χ4n) is 5.82. The third-order valence-electron chi connectivity index (χ3n) is 9.16. The van der Waals surface area contributed by atoms with Crippen LogP contribution in [-0.2, 0) is 14.3 Å². The van der Waals surface area contributed by atoms with Crippen molar-refractivity contribution in [3.8, 4) is 0 Å². The van der Waals surface area contributed by atoms with E-state index in [-0.39, 0.29) is 31.3 Å². The lowest BCUT2D eigenvalue weighted by molar-refractivity contribution is -0.148. The van der Waals surface area contributed by atoms with Crippen molar-refractivity contribution in [2.24, 2.45) is 0 Å². The fourth-order valence-corrected chi connectivity index (χ4v) is 5.82. The van der Waals surface area contributed by atoms with Gasteiger partial charge in [0.1, 0.15) is 6.10 Å². The number of carbonyl (C=O) groups excluding carboxylic acids is 2. The smallest absolute Gasteiger partial charge is 0.306 e. The first kappa shape index (κ1) is 53.3. The maximum Gasteiger partial charge on any atom is 0.306 e. The Hall–Kier alpha value is -3.74. The molecule has 0 bridgehead atoms. The number of amides is 1. The van der Waals surface area contributed by atoms with Crippen LogP contribution in [0.3, 0.4) is 0 Å². The molecule has 0 aromatic rings. The van der Waals surface area contributed by atoms with Crippen molar-refractivity contribution < 1.29 is 24.5 Å². The molecule has 0 aliphatic heterocycles. The third-order valence-corrected chi connectivity index (χ3v) is 9.16. The van der Waals surface area contributed by atoms with Crippen molar-refractivity contribution in [2.75, 3.05) is 6.61 Å². The minimum Gasteiger partial charge on any atom is -0.458 e. The Morgan fingerprint density at radius 1 is 0.561 bits per heavy atom. The Labute approximate surface area is 349 Å². The molecule has 6 heteroatoms. The standard InChI is InChI=1S/C51H81NO5/c1-4-7-10-13-16-19-21-23-25-27-29-32-35-38-41-44-51(56)57-47(42-39-36-33-31-28-26-24-22-20-17-14-11-8-5-2)45-50(55)52-48(46-53)49(54)43-40-37-34-30-18-15-12-9-6-3/h7-8,10-11,13,16-17,19-21,23-27,29,31,33,39,42,47-49,53-54H,4-6,9,12,14-15,18,22,28,30,32,34-38,40-41,43-46H2,1-3H3,(H,52,55)/b10-7+,11-8+,16-13+,20-17+,21-19-,25-23-,26-24+,29-27+,33-31+,42-39+. The van der Waals surface area contributed by atoms with Gasteiger partial charge in [-0.25, -0.2) is 0 Å². The molecule has 0 aromatic heterocycles. The number of unbranched alkanes of at least 4 members (excludes halogenated alkanes) is 11. The number of ether oxygens (including phenoxy) is 1. The number of esters is 1. The van der Waals surface area contributed by atoms with Gasteiger partial charge in [-0.15, -0.1) is 0 Å². The summed E-state index contributed by atoms with van der Waals surface area (Å²) in [7, 11) is 0. The van der Waals surface area contributed by atoms with Crippen molar-refractivity contribution in [2.45, 2.75) is 180 Å². The lowest BCUT2D eigenvalue weighted by Crippen LogP contribution is -2.46. The van der Waals surface area contributed by atoms with Gasteiger partial charge in [-0.05, 0) is 70.3 Å². The molecule has 0 spiro atoms. The zero-order chi connectivity index (χ0) is 41.7. The van der Waals surface area contributed by atoms with Crippen LogP contribution in [0.25, 0.3) is 0 Å². The summed E-state index contributed by atoms with van der Waals surface area (Å²) in [6.07, 6.45) is 60.0. The molecule has 0 fully saturated rings. The van der Waals surface area contributed by atoms with Crippen LogP contribution in [0.5, 0.6) is 0 Å². The Morgan fingerprint density at radius 2 is 1.05 bits per heavy atom. The summed E-state index contributed by atoms with van der Waals surface area (Å²) in [4.78, 5) is 25.9. The number of aliphatic hydroxyl groups excluding tert-OH is 2. The van der Waals surface area contributed by atoms with E-state index >= 15 is 0 Å². The van der Waals surface area contributed by atoms with Crippen molar-refractivity contribution in [1.29, 1.82) is 0 Å². The van der Waals surface area contributed by atoms with Crippen LogP contribution < -0.4 is 5.32 Å². The molecule has 320 valence electrons. The molecule has 0 heterocycles. The van der Waals surface area contributed by atoms with E-state index in [4.69, 9.17) is 4.74 Å². The largest absolute Gasteiger partial charge is 0.458 e. The number of carbonyl (C=O) groups is 2. The van der Waals surface area contributed by atoms with Crippen molar-refractivity contribution in [1.82, 2.24) is 5.32 Å². The normalized spacial score (nSPS) is 14.5. The van der Waals surface area contributed by atoms with Gasteiger partial charge < -0.3 is 20.3 Å². The van der Waals surface area contributed by atoms with E-state index in [0.717, 1.165) is 70.6 Å². The Bertz CT molecular complexity index is 1250. The maximum atomic E-state index is 13.1. The lowest BCUT2D eigenvalue weighted by atomic mass is 10.0. The monoisotopic (exact) mass is 788 g/mol. The zero-order valence-electron chi connectivity index (χ0n) is 36.2. The van der Waals surface area contributed by atoms with Crippen LogP contribution in [0.2, 0.25) is 0 Å². The first-order valence-electron chi connectivity index (χ1n) is 22.3. The first-order chi connectivity index (χ1) is 28.0. The number of rotatable bonds is 37. The summed E-state index contributed by atoms with van der Waals surface area (Å²) in [5, 5.41) is 23.5. The quantitative estimate of drug-likeness (QED) is 0.0252. The van der Waals surface area contributed by atoms with Gasteiger partial charge in [0, 0.05) is 6.42 Å². The second-order valence-electron chi connectivity index (χ2n) is 14.5.